The molecule has 10 nitrogen and oxygen atoms in total. The molecule has 2 amide bonds. The summed E-state index contributed by atoms with van der Waals surface area (Å²) >= 11 is 0. The van der Waals surface area contributed by atoms with Crippen LogP contribution >= 0.6 is 0 Å². The Morgan fingerprint density at radius 2 is 1.11 bits per heavy atom. The van der Waals surface area contributed by atoms with E-state index in [-0.39, 0.29) is 13.5 Å². The van der Waals surface area contributed by atoms with Gasteiger partial charge < -0.3 is 29.2 Å². The highest BCUT2D eigenvalue weighted by Crippen LogP contribution is 2.43. The third-order valence-corrected chi connectivity index (χ3v) is 4.68. The largest absolute Gasteiger partial charge is 0.444 e. The fraction of sp³-hybridized carbons (Fsp3) is 0.889. The molecular formula is C18H32N2O8. The van der Waals surface area contributed by atoms with E-state index in [1.807, 2.05) is 0 Å². The number of rotatable bonds is 1. The second-order valence-electron chi connectivity index (χ2n) is 9.19. The van der Waals surface area contributed by atoms with Gasteiger partial charge in [-0.15, -0.1) is 0 Å². The molecule has 162 valence electrons. The minimum absolute atomic E-state index is 0.308. The molecule has 0 spiro atoms. The minimum Gasteiger partial charge on any atom is -0.444 e. The summed E-state index contributed by atoms with van der Waals surface area (Å²) in [4.78, 5) is 27.1. The lowest BCUT2D eigenvalue weighted by atomic mass is 9.93. The zero-order valence-electron chi connectivity index (χ0n) is 17.8. The normalized spacial score (nSPS) is 33.9. The first-order valence-corrected chi connectivity index (χ1v) is 9.24. The Kier molecular flexibility index (Phi) is 5.68. The molecule has 2 fully saturated rings. The van der Waals surface area contributed by atoms with Gasteiger partial charge >= 0.3 is 12.2 Å². The Bertz CT molecular complexity index is 574. The maximum atomic E-state index is 12.4. The van der Waals surface area contributed by atoms with Crippen molar-refractivity contribution >= 4 is 12.2 Å². The molecular weight excluding hydrogens is 372 g/mol. The zero-order valence-corrected chi connectivity index (χ0v) is 17.8. The van der Waals surface area contributed by atoms with E-state index in [9.17, 15) is 19.8 Å². The van der Waals surface area contributed by atoms with Crippen LogP contribution in [-0.4, -0.2) is 80.5 Å². The first-order chi connectivity index (χ1) is 12.5. The topological polar surface area (TPSA) is 118 Å². The molecule has 2 N–H and O–H groups in total. The van der Waals surface area contributed by atoms with Crippen LogP contribution in [0, 0.1) is 0 Å². The Morgan fingerprint density at radius 3 is 1.36 bits per heavy atom. The summed E-state index contributed by atoms with van der Waals surface area (Å²) in [6.45, 7) is 12.7. The van der Waals surface area contributed by atoms with Crippen molar-refractivity contribution in [1.29, 1.82) is 0 Å². The van der Waals surface area contributed by atoms with Crippen molar-refractivity contribution in [2.75, 3.05) is 13.5 Å². The van der Waals surface area contributed by atoms with Crippen LogP contribution in [0.3, 0.4) is 0 Å². The van der Waals surface area contributed by atoms with Gasteiger partial charge in [-0.05, 0) is 55.4 Å². The van der Waals surface area contributed by atoms with Crippen LogP contribution < -0.4 is 0 Å². The smallest absolute Gasteiger partial charge is 0.412 e. The van der Waals surface area contributed by atoms with E-state index in [1.54, 1.807) is 41.5 Å². The zero-order chi connectivity index (χ0) is 21.7. The third-order valence-electron chi connectivity index (χ3n) is 4.68. The summed E-state index contributed by atoms with van der Waals surface area (Å²) in [5.41, 5.74) is -1.47. The molecule has 0 radical (unpaired) electrons. The molecule has 2 heterocycles. The molecule has 0 aromatic heterocycles. The van der Waals surface area contributed by atoms with Gasteiger partial charge in [-0.1, -0.05) is 0 Å². The molecule has 0 aliphatic carbocycles. The van der Waals surface area contributed by atoms with Crippen molar-refractivity contribution in [3.05, 3.63) is 0 Å². The van der Waals surface area contributed by atoms with Crippen LogP contribution in [0.25, 0.3) is 0 Å². The number of carbonyl (C=O) groups excluding carboxylic acids is 2. The van der Waals surface area contributed by atoms with E-state index in [0.717, 1.165) is 9.80 Å². The Labute approximate surface area is 165 Å². The van der Waals surface area contributed by atoms with Crippen molar-refractivity contribution in [2.45, 2.75) is 90.2 Å². The fourth-order valence-corrected chi connectivity index (χ4v) is 3.09. The molecule has 0 saturated carbocycles. The molecule has 4 atom stereocenters. The number of hydrogen-bond donors (Lipinski definition) is 2. The molecule has 10 heteroatoms. The lowest BCUT2D eigenvalue weighted by Gasteiger charge is -2.41. The van der Waals surface area contributed by atoms with Crippen molar-refractivity contribution in [1.82, 2.24) is 9.80 Å². The molecule has 0 aromatic carbocycles. The summed E-state index contributed by atoms with van der Waals surface area (Å²) < 4.78 is 21.5. The highest BCUT2D eigenvalue weighted by molar-refractivity contribution is 5.70. The molecule has 2 saturated heterocycles. The SMILES string of the molecule is C[C@@H]1N(C(=O)OC(C)(C)C)CO[C@@]1(O)[C@]1(O)OCN(C(=O)OC(C)(C)C)[C@H]1C. The summed E-state index contributed by atoms with van der Waals surface area (Å²) in [6.07, 6.45) is -1.40. The molecule has 0 bridgehead atoms. The Hall–Kier alpha value is -1.62. The predicted octanol–water partition coefficient (Wildman–Crippen LogP) is 1.59. The number of hydrogen-bond acceptors (Lipinski definition) is 8. The van der Waals surface area contributed by atoms with Gasteiger partial charge in [0.2, 0.25) is 11.6 Å². The van der Waals surface area contributed by atoms with Gasteiger partial charge in [0.05, 0.1) is 12.1 Å². The van der Waals surface area contributed by atoms with E-state index in [4.69, 9.17) is 18.9 Å². The maximum absolute atomic E-state index is 12.4. The molecule has 2 rings (SSSR count). The van der Waals surface area contributed by atoms with E-state index >= 15 is 0 Å². The standard InChI is InChI=1S/C18H32N2O8/c1-11-17(23,25-9-19(11)13(21)27-15(3,4)5)18(24)12(2)20(10-26-18)14(22)28-16(6,7)8/h11-12,23-24H,9-10H2,1-8H3/t11-,12-,17+,18+/m0/s1. The number of carbonyl (C=O) groups is 2. The van der Waals surface area contributed by atoms with Crippen molar-refractivity contribution in [2.24, 2.45) is 0 Å². The molecule has 28 heavy (non-hydrogen) atoms. The molecule has 0 unspecified atom stereocenters. The van der Waals surface area contributed by atoms with Gasteiger partial charge in [-0.25, -0.2) is 9.59 Å². The quantitative estimate of drug-likeness (QED) is 0.676. The lowest BCUT2D eigenvalue weighted by molar-refractivity contribution is -0.364. The second-order valence-corrected chi connectivity index (χ2v) is 9.19. The van der Waals surface area contributed by atoms with Gasteiger partial charge in [-0.2, -0.15) is 0 Å². The fourth-order valence-electron chi connectivity index (χ4n) is 3.09. The first-order valence-electron chi connectivity index (χ1n) is 9.24. The molecule has 0 aromatic rings. The highest BCUT2D eigenvalue weighted by atomic mass is 16.7. The van der Waals surface area contributed by atoms with Crippen LogP contribution in [0.1, 0.15) is 55.4 Å². The van der Waals surface area contributed by atoms with E-state index in [0.29, 0.717) is 0 Å². The highest BCUT2D eigenvalue weighted by Gasteiger charge is 2.68. The van der Waals surface area contributed by atoms with Gasteiger partial charge in [0.25, 0.3) is 0 Å². The second kappa shape index (κ2) is 7.01. The maximum Gasteiger partial charge on any atom is 0.412 e. The predicted molar refractivity (Wildman–Crippen MR) is 96.9 cm³/mol. The van der Waals surface area contributed by atoms with Crippen LogP contribution in [0.15, 0.2) is 0 Å². The lowest BCUT2D eigenvalue weighted by Crippen LogP contribution is -2.66. The van der Waals surface area contributed by atoms with E-state index in [2.05, 4.69) is 0 Å². The number of aliphatic hydroxyl groups is 2. The van der Waals surface area contributed by atoms with Crippen LogP contribution in [0.4, 0.5) is 9.59 Å². The van der Waals surface area contributed by atoms with Crippen molar-refractivity contribution in [3.63, 3.8) is 0 Å². The van der Waals surface area contributed by atoms with E-state index in [1.165, 1.54) is 13.8 Å². The summed E-state index contributed by atoms with van der Waals surface area (Å²) in [5.74, 6) is -4.56. The summed E-state index contributed by atoms with van der Waals surface area (Å²) in [7, 11) is 0. The Morgan fingerprint density at radius 1 is 0.821 bits per heavy atom. The van der Waals surface area contributed by atoms with Crippen molar-refractivity contribution in [3.8, 4) is 0 Å². The van der Waals surface area contributed by atoms with Crippen LogP contribution in [0.5, 0.6) is 0 Å². The Balaban J connectivity index is 2.19. The van der Waals surface area contributed by atoms with Crippen molar-refractivity contribution < 1.29 is 38.7 Å². The van der Waals surface area contributed by atoms with Crippen LogP contribution in [-0.2, 0) is 18.9 Å². The number of amides is 2. The first kappa shape index (κ1) is 22.7. The monoisotopic (exact) mass is 404 g/mol. The third kappa shape index (κ3) is 4.05. The average molecular weight is 404 g/mol. The summed E-state index contributed by atoms with van der Waals surface area (Å²) in [6, 6.07) is -2.01. The van der Waals surface area contributed by atoms with Gasteiger partial charge in [0.1, 0.15) is 24.7 Å². The number of nitrogens with zero attached hydrogens (tertiary/aromatic N) is 2. The van der Waals surface area contributed by atoms with Gasteiger partial charge in [-0.3, -0.25) is 9.80 Å². The molecule has 2 aliphatic heterocycles. The van der Waals surface area contributed by atoms with Crippen LogP contribution in [0.2, 0.25) is 0 Å². The molecule has 2 aliphatic rings. The van der Waals surface area contributed by atoms with Gasteiger partial charge in [0.15, 0.2) is 0 Å². The number of ether oxygens (including phenoxy) is 4. The average Bonchev–Trinajstić information content (AvgIpc) is 2.96. The van der Waals surface area contributed by atoms with E-state index < -0.39 is 47.0 Å². The summed E-state index contributed by atoms with van der Waals surface area (Å²) in [5, 5.41) is 22.2. The van der Waals surface area contributed by atoms with Gasteiger partial charge in [0, 0.05) is 0 Å². The minimum atomic E-state index is -2.28.